The Morgan fingerprint density at radius 3 is 2.19 bits per heavy atom. The fourth-order valence-electron chi connectivity index (χ4n) is 4.73. The molecule has 5 heteroatoms. The number of rotatable bonds is 10. The maximum absolute atomic E-state index is 12.7. The molecule has 2 atom stereocenters. The summed E-state index contributed by atoms with van der Waals surface area (Å²) in [6, 6.07) is 8.13. The van der Waals surface area contributed by atoms with Crippen molar-refractivity contribution in [1.82, 2.24) is 4.90 Å². The van der Waals surface area contributed by atoms with Crippen LogP contribution in [0.5, 0.6) is 0 Å². The highest BCUT2D eigenvalue weighted by Crippen LogP contribution is 2.27. The highest BCUT2D eigenvalue weighted by Gasteiger charge is 2.24. The molecule has 2 amide bonds. The van der Waals surface area contributed by atoms with Gasteiger partial charge in [-0.2, -0.15) is 0 Å². The highest BCUT2D eigenvalue weighted by molar-refractivity contribution is 5.92. The molecule has 1 N–H and O–H groups in total. The van der Waals surface area contributed by atoms with Gasteiger partial charge in [0, 0.05) is 49.9 Å². The molecule has 1 saturated heterocycles. The molecule has 5 nitrogen and oxygen atoms in total. The van der Waals surface area contributed by atoms with E-state index in [1.807, 2.05) is 17.0 Å². The van der Waals surface area contributed by atoms with Crippen molar-refractivity contribution in [2.75, 3.05) is 36.4 Å². The predicted molar refractivity (Wildman–Crippen MR) is 135 cm³/mol. The molecular formula is C27H45N3O2. The Morgan fingerprint density at radius 1 is 1.03 bits per heavy atom. The van der Waals surface area contributed by atoms with Crippen LogP contribution in [0.15, 0.2) is 24.3 Å². The summed E-state index contributed by atoms with van der Waals surface area (Å²) in [5.41, 5.74) is 2.27. The lowest BCUT2D eigenvalue weighted by atomic mass is 9.84. The Hall–Kier alpha value is -2.04. The van der Waals surface area contributed by atoms with E-state index in [4.69, 9.17) is 0 Å². The lowest BCUT2D eigenvalue weighted by molar-refractivity contribution is -0.132. The van der Waals surface area contributed by atoms with Gasteiger partial charge in [0.15, 0.2) is 0 Å². The van der Waals surface area contributed by atoms with Gasteiger partial charge in [-0.3, -0.25) is 9.59 Å². The van der Waals surface area contributed by atoms with Crippen molar-refractivity contribution in [2.24, 2.45) is 17.3 Å². The second-order valence-corrected chi connectivity index (χ2v) is 10.7. The molecule has 1 fully saturated rings. The van der Waals surface area contributed by atoms with Crippen LogP contribution < -0.4 is 10.2 Å². The lowest BCUT2D eigenvalue weighted by Crippen LogP contribution is -2.49. The molecule has 1 aliphatic rings. The minimum Gasteiger partial charge on any atom is -0.368 e. The van der Waals surface area contributed by atoms with Crippen molar-refractivity contribution in [3.63, 3.8) is 0 Å². The van der Waals surface area contributed by atoms with E-state index in [0.717, 1.165) is 69.7 Å². The van der Waals surface area contributed by atoms with Gasteiger partial charge in [0.05, 0.1) is 0 Å². The summed E-state index contributed by atoms with van der Waals surface area (Å²) < 4.78 is 0. The summed E-state index contributed by atoms with van der Waals surface area (Å²) in [7, 11) is 0. The predicted octanol–water partition coefficient (Wildman–Crippen LogP) is 5.95. The highest BCUT2D eigenvalue weighted by atomic mass is 16.2. The minimum atomic E-state index is 0.0892. The number of piperazine rings is 1. The molecule has 0 aliphatic carbocycles. The number of nitrogens with one attached hydrogen (secondary N) is 1. The quantitative estimate of drug-likeness (QED) is 0.486. The SMILES string of the molecule is CCCC[C@@H](CC)C(=O)Nc1ccc(N2CCN(C(=O)C[C@H](C)CC(C)(C)C)CC2)cc1. The van der Waals surface area contributed by atoms with Crippen LogP contribution in [-0.2, 0) is 9.59 Å². The van der Waals surface area contributed by atoms with Gasteiger partial charge in [0.1, 0.15) is 0 Å². The molecule has 0 spiro atoms. The molecule has 1 aliphatic heterocycles. The Labute approximate surface area is 195 Å². The Kier molecular flexibility index (Phi) is 10.0. The summed E-state index contributed by atoms with van der Waals surface area (Å²) in [6.45, 7) is 16.4. The Bertz CT molecular complexity index is 715. The zero-order valence-electron chi connectivity index (χ0n) is 21.2. The molecule has 0 aromatic heterocycles. The summed E-state index contributed by atoms with van der Waals surface area (Å²) in [5.74, 6) is 0.915. The van der Waals surface area contributed by atoms with E-state index < -0.39 is 0 Å². The second kappa shape index (κ2) is 12.3. The number of carbonyl (C=O) groups is 2. The van der Waals surface area contributed by atoms with Crippen molar-refractivity contribution in [3.05, 3.63) is 24.3 Å². The van der Waals surface area contributed by atoms with E-state index in [1.165, 1.54) is 0 Å². The molecule has 0 saturated carbocycles. The van der Waals surface area contributed by atoms with E-state index in [9.17, 15) is 9.59 Å². The molecule has 2 rings (SSSR count). The van der Waals surface area contributed by atoms with Gasteiger partial charge < -0.3 is 15.1 Å². The van der Waals surface area contributed by atoms with Gasteiger partial charge in [-0.25, -0.2) is 0 Å². The molecule has 1 aromatic carbocycles. The summed E-state index contributed by atoms with van der Waals surface area (Å²) in [5, 5.41) is 3.08. The fourth-order valence-corrected chi connectivity index (χ4v) is 4.73. The van der Waals surface area contributed by atoms with Gasteiger partial charge in [0.2, 0.25) is 11.8 Å². The first kappa shape index (κ1) is 26.2. The standard InChI is InChI=1S/C27H45N3O2/c1-7-9-10-22(8-2)26(32)28-23-11-13-24(14-12-23)29-15-17-30(18-16-29)25(31)19-21(3)20-27(4,5)6/h11-14,21-22H,7-10,15-20H2,1-6H3,(H,28,32)/t21-,22+/m0/s1. The van der Waals surface area contributed by atoms with E-state index in [2.05, 4.69) is 63.9 Å². The van der Waals surface area contributed by atoms with E-state index >= 15 is 0 Å². The molecule has 0 radical (unpaired) electrons. The van der Waals surface area contributed by atoms with Crippen LogP contribution in [0.2, 0.25) is 0 Å². The van der Waals surface area contributed by atoms with Crippen LogP contribution in [0, 0.1) is 17.3 Å². The van der Waals surface area contributed by atoms with Crippen LogP contribution in [0.3, 0.4) is 0 Å². The van der Waals surface area contributed by atoms with Crippen LogP contribution >= 0.6 is 0 Å². The normalized spacial score (nSPS) is 16.6. The van der Waals surface area contributed by atoms with Crippen molar-refractivity contribution in [3.8, 4) is 0 Å². The molecule has 1 heterocycles. The molecule has 0 bridgehead atoms. The number of benzene rings is 1. The van der Waals surface area contributed by atoms with Crippen LogP contribution in [-0.4, -0.2) is 42.9 Å². The van der Waals surface area contributed by atoms with Crippen molar-refractivity contribution in [2.45, 2.75) is 80.1 Å². The first-order valence-electron chi connectivity index (χ1n) is 12.6. The number of unbranched alkanes of at least 4 members (excludes halogenated alkanes) is 1. The maximum Gasteiger partial charge on any atom is 0.227 e. The smallest absolute Gasteiger partial charge is 0.227 e. The monoisotopic (exact) mass is 443 g/mol. The summed E-state index contributed by atoms with van der Waals surface area (Å²) in [6.07, 6.45) is 5.75. The Balaban J connectivity index is 1.82. The topological polar surface area (TPSA) is 52.7 Å². The average molecular weight is 444 g/mol. The third kappa shape index (κ3) is 8.48. The summed E-state index contributed by atoms with van der Waals surface area (Å²) in [4.78, 5) is 29.6. The molecule has 32 heavy (non-hydrogen) atoms. The third-order valence-corrected chi connectivity index (χ3v) is 6.39. The molecule has 180 valence electrons. The number of amides is 2. The van der Waals surface area contributed by atoms with E-state index in [0.29, 0.717) is 12.3 Å². The van der Waals surface area contributed by atoms with Gasteiger partial charge in [-0.1, -0.05) is 54.4 Å². The molecular weight excluding hydrogens is 398 g/mol. The number of nitrogens with zero attached hydrogens (tertiary/aromatic N) is 2. The number of anilines is 2. The van der Waals surface area contributed by atoms with E-state index in [-0.39, 0.29) is 23.1 Å². The third-order valence-electron chi connectivity index (χ3n) is 6.39. The largest absolute Gasteiger partial charge is 0.368 e. The van der Waals surface area contributed by atoms with Crippen molar-refractivity contribution >= 4 is 23.2 Å². The number of hydrogen-bond acceptors (Lipinski definition) is 3. The van der Waals surface area contributed by atoms with Gasteiger partial charge in [-0.05, 0) is 54.9 Å². The first-order chi connectivity index (χ1) is 15.1. The number of carbonyl (C=O) groups excluding carboxylic acids is 2. The summed E-state index contributed by atoms with van der Waals surface area (Å²) >= 11 is 0. The van der Waals surface area contributed by atoms with Crippen LogP contribution in [0.25, 0.3) is 0 Å². The van der Waals surface area contributed by atoms with E-state index in [1.54, 1.807) is 0 Å². The van der Waals surface area contributed by atoms with Gasteiger partial charge >= 0.3 is 0 Å². The van der Waals surface area contributed by atoms with Crippen molar-refractivity contribution in [1.29, 1.82) is 0 Å². The fraction of sp³-hybridized carbons (Fsp3) is 0.704. The molecule has 1 aromatic rings. The molecule has 0 unspecified atom stereocenters. The second-order valence-electron chi connectivity index (χ2n) is 10.7. The van der Waals surface area contributed by atoms with Gasteiger partial charge in [0.25, 0.3) is 0 Å². The average Bonchev–Trinajstić information content (AvgIpc) is 2.73. The van der Waals surface area contributed by atoms with Crippen molar-refractivity contribution < 1.29 is 9.59 Å². The maximum atomic E-state index is 12.7. The number of hydrogen-bond donors (Lipinski definition) is 1. The van der Waals surface area contributed by atoms with Gasteiger partial charge in [-0.15, -0.1) is 0 Å². The lowest BCUT2D eigenvalue weighted by Gasteiger charge is -2.37. The van der Waals surface area contributed by atoms with Crippen LogP contribution in [0.1, 0.15) is 80.1 Å². The zero-order chi connectivity index (χ0) is 23.7. The van der Waals surface area contributed by atoms with Crippen LogP contribution in [0.4, 0.5) is 11.4 Å². The Morgan fingerprint density at radius 2 is 1.66 bits per heavy atom. The minimum absolute atomic E-state index is 0.0892. The zero-order valence-corrected chi connectivity index (χ0v) is 21.2. The first-order valence-corrected chi connectivity index (χ1v) is 12.6.